The van der Waals surface area contributed by atoms with Crippen LogP contribution >= 0.6 is 11.3 Å². The molecule has 1 heterocycles. The average Bonchev–Trinajstić information content (AvgIpc) is 2.98. The van der Waals surface area contributed by atoms with Gasteiger partial charge in [0.1, 0.15) is 0 Å². The van der Waals surface area contributed by atoms with Crippen molar-refractivity contribution in [3.63, 3.8) is 0 Å². The Kier molecular flexibility index (Phi) is 5.04. The normalized spacial score (nSPS) is 12.7. The highest BCUT2D eigenvalue weighted by Gasteiger charge is 2.33. The molecular formula is C14H13F3N2O2S. The molecule has 0 fully saturated rings. The van der Waals surface area contributed by atoms with Gasteiger partial charge < -0.3 is 15.7 Å². The van der Waals surface area contributed by atoms with E-state index in [9.17, 15) is 23.1 Å². The number of benzene rings is 1. The van der Waals surface area contributed by atoms with Crippen LogP contribution in [-0.4, -0.2) is 17.7 Å². The molecule has 0 aliphatic rings. The number of halogens is 3. The topological polar surface area (TPSA) is 61.4 Å². The molecule has 2 aromatic rings. The van der Waals surface area contributed by atoms with Crippen LogP contribution in [0.2, 0.25) is 0 Å². The van der Waals surface area contributed by atoms with Crippen LogP contribution in [0.3, 0.4) is 0 Å². The number of anilines is 1. The molecule has 2 amide bonds. The number of aliphatic hydroxyl groups excluding tert-OH is 1. The Bertz CT molecular complexity index is 629. The van der Waals surface area contributed by atoms with Gasteiger partial charge in [0.15, 0.2) is 0 Å². The average molecular weight is 330 g/mol. The maximum absolute atomic E-state index is 12.8. The van der Waals surface area contributed by atoms with E-state index in [4.69, 9.17) is 0 Å². The Morgan fingerprint density at radius 1 is 1.27 bits per heavy atom. The number of para-hydroxylation sites is 1. The van der Waals surface area contributed by atoms with Crippen LogP contribution < -0.4 is 10.6 Å². The molecule has 0 saturated carbocycles. The molecule has 1 aromatic carbocycles. The molecule has 1 atom stereocenters. The SMILES string of the molecule is O=C(NCC(O)c1ccsc1)Nc1ccccc1C(F)(F)F. The van der Waals surface area contributed by atoms with Crippen molar-refractivity contribution in [3.05, 3.63) is 52.2 Å². The van der Waals surface area contributed by atoms with Gasteiger partial charge in [0.2, 0.25) is 0 Å². The van der Waals surface area contributed by atoms with Crippen LogP contribution in [0.25, 0.3) is 0 Å². The van der Waals surface area contributed by atoms with Crippen LogP contribution in [0.5, 0.6) is 0 Å². The minimum absolute atomic E-state index is 0.100. The lowest BCUT2D eigenvalue weighted by Gasteiger charge is -2.15. The van der Waals surface area contributed by atoms with Crippen molar-refractivity contribution in [2.24, 2.45) is 0 Å². The number of amides is 2. The number of alkyl halides is 3. The highest BCUT2D eigenvalue weighted by molar-refractivity contribution is 7.07. The summed E-state index contributed by atoms with van der Waals surface area (Å²) in [5.74, 6) is 0. The number of thiophene rings is 1. The first kappa shape index (κ1) is 16.3. The monoisotopic (exact) mass is 330 g/mol. The summed E-state index contributed by atoms with van der Waals surface area (Å²) in [7, 11) is 0. The highest BCUT2D eigenvalue weighted by Crippen LogP contribution is 2.34. The molecule has 0 spiro atoms. The second-order valence-corrected chi connectivity index (χ2v) is 5.23. The molecule has 3 N–H and O–H groups in total. The van der Waals surface area contributed by atoms with E-state index in [1.54, 1.807) is 16.8 Å². The maximum Gasteiger partial charge on any atom is 0.418 e. The van der Waals surface area contributed by atoms with Crippen LogP contribution in [-0.2, 0) is 6.18 Å². The first-order chi connectivity index (χ1) is 10.4. The molecule has 1 unspecified atom stereocenters. The van der Waals surface area contributed by atoms with Crippen molar-refractivity contribution in [1.29, 1.82) is 0 Å². The molecule has 0 bridgehead atoms. The number of carbonyl (C=O) groups is 1. The van der Waals surface area contributed by atoms with E-state index in [2.05, 4.69) is 10.6 Å². The Morgan fingerprint density at radius 2 is 2.00 bits per heavy atom. The van der Waals surface area contributed by atoms with Crippen LogP contribution in [0.4, 0.5) is 23.7 Å². The van der Waals surface area contributed by atoms with Gasteiger partial charge in [0.05, 0.1) is 17.4 Å². The van der Waals surface area contributed by atoms with Crippen molar-refractivity contribution in [1.82, 2.24) is 5.32 Å². The van der Waals surface area contributed by atoms with E-state index in [-0.39, 0.29) is 12.2 Å². The predicted molar refractivity (Wildman–Crippen MR) is 77.7 cm³/mol. The predicted octanol–water partition coefficient (Wildman–Crippen LogP) is 3.62. The molecule has 0 aliphatic heterocycles. The molecule has 0 radical (unpaired) electrons. The molecule has 0 saturated heterocycles. The van der Waals surface area contributed by atoms with Crippen molar-refractivity contribution >= 4 is 23.1 Å². The smallest absolute Gasteiger partial charge is 0.387 e. The van der Waals surface area contributed by atoms with Gasteiger partial charge >= 0.3 is 12.2 Å². The maximum atomic E-state index is 12.8. The molecule has 8 heteroatoms. The van der Waals surface area contributed by atoms with E-state index in [0.29, 0.717) is 5.56 Å². The third-order valence-corrected chi connectivity index (χ3v) is 3.57. The second-order valence-electron chi connectivity index (χ2n) is 4.45. The van der Waals surface area contributed by atoms with Crippen LogP contribution in [0.1, 0.15) is 17.2 Å². The zero-order valence-corrected chi connectivity index (χ0v) is 12.0. The van der Waals surface area contributed by atoms with E-state index < -0.39 is 23.9 Å². The lowest BCUT2D eigenvalue weighted by molar-refractivity contribution is -0.136. The van der Waals surface area contributed by atoms with Crippen LogP contribution in [0, 0.1) is 0 Å². The Labute approximate surface area is 128 Å². The fourth-order valence-electron chi connectivity index (χ4n) is 1.78. The number of urea groups is 1. The number of hydrogen-bond donors (Lipinski definition) is 3. The fraction of sp³-hybridized carbons (Fsp3) is 0.214. The largest absolute Gasteiger partial charge is 0.418 e. The number of carbonyl (C=O) groups excluding carboxylic acids is 1. The Balaban J connectivity index is 1.95. The van der Waals surface area contributed by atoms with E-state index in [1.807, 2.05) is 0 Å². The number of nitrogens with one attached hydrogen (secondary N) is 2. The minimum atomic E-state index is -4.56. The molecule has 0 aliphatic carbocycles. The summed E-state index contributed by atoms with van der Waals surface area (Å²) in [6, 6.07) is 5.57. The van der Waals surface area contributed by atoms with Crippen molar-refractivity contribution < 1.29 is 23.1 Å². The molecule has 2 rings (SSSR count). The van der Waals surface area contributed by atoms with Crippen molar-refractivity contribution in [2.45, 2.75) is 12.3 Å². The van der Waals surface area contributed by atoms with Gasteiger partial charge in [0.25, 0.3) is 0 Å². The first-order valence-corrected chi connectivity index (χ1v) is 7.23. The Hall–Kier alpha value is -2.06. The lowest BCUT2D eigenvalue weighted by Crippen LogP contribution is -2.33. The number of hydrogen-bond acceptors (Lipinski definition) is 3. The van der Waals surface area contributed by atoms with Crippen molar-refractivity contribution in [3.8, 4) is 0 Å². The highest BCUT2D eigenvalue weighted by atomic mass is 32.1. The summed E-state index contributed by atoms with van der Waals surface area (Å²) >= 11 is 1.40. The molecular weight excluding hydrogens is 317 g/mol. The molecule has 22 heavy (non-hydrogen) atoms. The molecule has 4 nitrogen and oxygen atoms in total. The van der Waals surface area contributed by atoms with Crippen LogP contribution in [0.15, 0.2) is 41.1 Å². The van der Waals surface area contributed by atoms with Gasteiger partial charge in [0, 0.05) is 6.54 Å². The van der Waals surface area contributed by atoms with Gasteiger partial charge in [-0.3, -0.25) is 0 Å². The third kappa shape index (κ3) is 4.22. The van der Waals surface area contributed by atoms with Gasteiger partial charge in [-0.15, -0.1) is 0 Å². The first-order valence-electron chi connectivity index (χ1n) is 6.29. The van der Waals surface area contributed by atoms with Gasteiger partial charge in [-0.1, -0.05) is 12.1 Å². The second kappa shape index (κ2) is 6.80. The molecule has 1 aromatic heterocycles. The zero-order chi connectivity index (χ0) is 16.2. The van der Waals surface area contributed by atoms with E-state index in [1.165, 1.54) is 23.5 Å². The zero-order valence-electron chi connectivity index (χ0n) is 11.2. The summed E-state index contributed by atoms with van der Waals surface area (Å²) in [6.07, 6.45) is -5.46. The van der Waals surface area contributed by atoms with Crippen molar-refractivity contribution in [2.75, 3.05) is 11.9 Å². The van der Waals surface area contributed by atoms with Gasteiger partial charge in [-0.05, 0) is 34.5 Å². The Morgan fingerprint density at radius 3 is 2.64 bits per heavy atom. The lowest BCUT2D eigenvalue weighted by atomic mass is 10.1. The van der Waals surface area contributed by atoms with Gasteiger partial charge in [-0.2, -0.15) is 24.5 Å². The number of aliphatic hydroxyl groups is 1. The quantitative estimate of drug-likeness (QED) is 0.802. The summed E-state index contributed by atoms with van der Waals surface area (Å²) in [5.41, 5.74) is -0.623. The van der Waals surface area contributed by atoms with E-state index >= 15 is 0 Å². The number of rotatable bonds is 4. The summed E-state index contributed by atoms with van der Waals surface area (Å²) in [6.45, 7) is -0.100. The third-order valence-electron chi connectivity index (χ3n) is 2.86. The summed E-state index contributed by atoms with van der Waals surface area (Å²) in [4.78, 5) is 11.7. The minimum Gasteiger partial charge on any atom is -0.387 e. The fourth-order valence-corrected chi connectivity index (χ4v) is 2.48. The molecule has 118 valence electrons. The summed E-state index contributed by atoms with van der Waals surface area (Å²) in [5, 5.41) is 17.8. The standard InChI is InChI=1S/C14H13F3N2O2S/c15-14(16,17)10-3-1-2-4-11(10)19-13(21)18-7-12(20)9-5-6-22-8-9/h1-6,8,12,20H,7H2,(H2,18,19,21). The van der Waals surface area contributed by atoms with Gasteiger partial charge in [-0.25, -0.2) is 4.79 Å². The summed E-state index contributed by atoms with van der Waals surface area (Å²) < 4.78 is 38.4. The van der Waals surface area contributed by atoms with E-state index in [0.717, 1.165) is 12.1 Å².